The summed E-state index contributed by atoms with van der Waals surface area (Å²) in [5.74, 6) is 1.53. The van der Waals surface area contributed by atoms with Crippen molar-refractivity contribution in [3.63, 3.8) is 0 Å². The van der Waals surface area contributed by atoms with Crippen LogP contribution in [0.1, 0.15) is 32.9 Å². The number of aromatic nitrogens is 1. The van der Waals surface area contributed by atoms with Crippen molar-refractivity contribution < 1.29 is 4.74 Å². The molecule has 0 aromatic carbocycles. The lowest BCUT2D eigenvalue weighted by Gasteiger charge is -2.35. The minimum atomic E-state index is 0.498. The molecule has 0 bridgehead atoms. The predicted molar refractivity (Wildman–Crippen MR) is 115 cm³/mol. The first-order valence-corrected chi connectivity index (χ1v) is 10.8. The summed E-state index contributed by atoms with van der Waals surface area (Å²) in [4.78, 5) is 13.9. The third-order valence-electron chi connectivity index (χ3n) is 4.48. The molecule has 0 spiro atoms. The minimum absolute atomic E-state index is 0.498. The molecule has 1 aromatic rings. The first-order chi connectivity index (χ1) is 13.0. The molecule has 0 aliphatic carbocycles. The van der Waals surface area contributed by atoms with Gasteiger partial charge in [0.2, 0.25) is 0 Å². The first kappa shape index (κ1) is 21.9. The maximum absolute atomic E-state index is 5.52. The number of rotatable bonds is 9. The maximum atomic E-state index is 5.52. The number of hydrogen-bond acceptors (Lipinski definition) is 6. The number of guanidine groups is 1. The Bertz CT molecular complexity index is 568. The van der Waals surface area contributed by atoms with Gasteiger partial charge in [0, 0.05) is 51.7 Å². The van der Waals surface area contributed by atoms with Crippen LogP contribution in [0, 0.1) is 5.92 Å². The number of ether oxygens (including phenoxy) is 1. The maximum Gasteiger partial charge on any atom is 0.191 e. The van der Waals surface area contributed by atoms with Gasteiger partial charge in [0.1, 0.15) is 0 Å². The number of morpholine rings is 1. The summed E-state index contributed by atoms with van der Waals surface area (Å²) in [6, 6.07) is 0.498. The van der Waals surface area contributed by atoms with E-state index in [1.807, 2.05) is 19.0 Å². The Morgan fingerprint density at radius 2 is 2.07 bits per heavy atom. The highest BCUT2D eigenvalue weighted by molar-refractivity contribution is 7.13. The van der Waals surface area contributed by atoms with Gasteiger partial charge in [-0.1, -0.05) is 13.8 Å². The van der Waals surface area contributed by atoms with Crippen LogP contribution >= 0.6 is 11.3 Å². The van der Waals surface area contributed by atoms with E-state index in [0.29, 0.717) is 18.5 Å². The predicted octanol–water partition coefficient (Wildman–Crippen LogP) is 2.01. The summed E-state index contributed by atoms with van der Waals surface area (Å²) in [6.45, 7) is 12.7. The smallest absolute Gasteiger partial charge is 0.191 e. The second kappa shape index (κ2) is 11.5. The van der Waals surface area contributed by atoms with E-state index in [1.165, 1.54) is 6.42 Å². The molecule has 154 valence electrons. The van der Waals surface area contributed by atoms with E-state index in [4.69, 9.17) is 9.73 Å². The third-order valence-corrected chi connectivity index (χ3v) is 5.53. The number of hydrogen-bond donors (Lipinski definition) is 2. The zero-order valence-electron chi connectivity index (χ0n) is 17.5. The zero-order valence-corrected chi connectivity index (χ0v) is 18.3. The van der Waals surface area contributed by atoms with Crippen molar-refractivity contribution in [1.29, 1.82) is 0 Å². The second-order valence-electron chi connectivity index (χ2n) is 7.52. The fourth-order valence-electron chi connectivity index (χ4n) is 3.14. The third kappa shape index (κ3) is 7.63. The van der Waals surface area contributed by atoms with Gasteiger partial charge in [0.05, 0.1) is 25.5 Å². The summed E-state index contributed by atoms with van der Waals surface area (Å²) in [5, 5.41) is 10.00. The molecule has 0 saturated carbocycles. The van der Waals surface area contributed by atoms with Gasteiger partial charge in [0.25, 0.3) is 0 Å². The molecule has 27 heavy (non-hydrogen) atoms. The number of aliphatic imine (C=N–C) groups is 1. The minimum Gasteiger partial charge on any atom is -0.379 e. The van der Waals surface area contributed by atoms with Gasteiger partial charge < -0.3 is 20.3 Å². The van der Waals surface area contributed by atoms with E-state index in [9.17, 15) is 0 Å². The van der Waals surface area contributed by atoms with Crippen molar-refractivity contribution in [2.75, 3.05) is 58.4 Å². The van der Waals surface area contributed by atoms with E-state index < -0.39 is 0 Å². The second-order valence-corrected chi connectivity index (χ2v) is 8.36. The molecule has 1 unspecified atom stereocenters. The van der Waals surface area contributed by atoms with Gasteiger partial charge in [-0.3, -0.25) is 4.90 Å². The highest BCUT2D eigenvalue weighted by Gasteiger charge is 2.22. The van der Waals surface area contributed by atoms with Gasteiger partial charge in [-0.2, -0.15) is 0 Å². The largest absolute Gasteiger partial charge is 0.379 e. The number of nitrogens with one attached hydrogen (secondary N) is 2. The molecule has 1 aromatic heterocycles. The van der Waals surface area contributed by atoms with Crippen molar-refractivity contribution in [1.82, 2.24) is 20.5 Å². The monoisotopic (exact) mass is 396 g/mol. The lowest BCUT2D eigenvalue weighted by Crippen LogP contribution is -2.51. The zero-order chi connectivity index (χ0) is 19.6. The van der Waals surface area contributed by atoms with E-state index in [0.717, 1.165) is 56.2 Å². The van der Waals surface area contributed by atoms with Crippen molar-refractivity contribution in [3.8, 4) is 0 Å². The van der Waals surface area contributed by atoms with Gasteiger partial charge in [-0.05, 0) is 19.3 Å². The molecule has 2 N–H and O–H groups in total. The van der Waals surface area contributed by atoms with Crippen molar-refractivity contribution in [2.24, 2.45) is 10.9 Å². The topological polar surface area (TPSA) is 65.0 Å². The van der Waals surface area contributed by atoms with Gasteiger partial charge in [-0.25, -0.2) is 9.98 Å². The van der Waals surface area contributed by atoms with Crippen LogP contribution in [0.4, 0.5) is 5.13 Å². The van der Waals surface area contributed by atoms with Crippen LogP contribution in [0.2, 0.25) is 0 Å². The van der Waals surface area contributed by atoms with Crippen LogP contribution in [0.15, 0.2) is 10.4 Å². The van der Waals surface area contributed by atoms with Gasteiger partial charge in [-0.15, -0.1) is 11.3 Å². The van der Waals surface area contributed by atoms with Crippen molar-refractivity contribution in [3.05, 3.63) is 11.1 Å². The molecule has 2 heterocycles. The van der Waals surface area contributed by atoms with Crippen LogP contribution in [0.25, 0.3) is 0 Å². The van der Waals surface area contributed by atoms with Gasteiger partial charge in [0.15, 0.2) is 11.1 Å². The Morgan fingerprint density at radius 1 is 1.33 bits per heavy atom. The SMILES string of the molecule is CCNC(=NCc1csc(N(C)C)n1)NCC(CC(C)C)N1CCOCC1. The Labute approximate surface area is 168 Å². The fourth-order valence-corrected chi connectivity index (χ4v) is 3.89. The van der Waals surface area contributed by atoms with Crippen LogP contribution in [-0.2, 0) is 11.3 Å². The summed E-state index contributed by atoms with van der Waals surface area (Å²) in [5.41, 5.74) is 1.01. The molecule has 0 amide bonds. The van der Waals surface area contributed by atoms with Crippen molar-refractivity contribution >= 4 is 22.4 Å². The molecule has 2 rings (SSSR count). The summed E-state index contributed by atoms with van der Waals surface area (Å²) >= 11 is 1.65. The van der Waals surface area contributed by atoms with E-state index in [2.05, 4.69) is 46.7 Å². The van der Waals surface area contributed by atoms with E-state index in [1.54, 1.807) is 11.3 Å². The molecule has 1 atom stereocenters. The number of thiazole rings is 1. The molecular formula is C19H36N6OS. The van der Waals surface area contributed by atoms with Crippen LogP contribution < -0.4 is 15.5 Å². The molecule has 0 radical (unpaired) electrons. The highest BCUT2D eigenvalue weighted by atomic mass is 32.1. The van der Waals surface area contributed by atoms with Crippen LogP contribution in [0.3, 0.4) is 0 Å². The summed E-state index contributed by atoms with van der Waals surface area (Å²) < 4.78 is 5.52. The fraction of sp³-hybridized carbons (Fsp3) is 0.789. The normalized spacial score (nSPS) is 17.2. The Morgan fingerprint density at radius 3 is 2.67 bits per heavy atom. The first-order valence-electron chi connectivity index (χ1n) is 9.95. The Kier molecular flexibility index (Phi) is 9.30. The van der Waals surface area contributed by atoms with Gasteiger partial charge >= 0.3 is 0 Å². The molecular weight excluding hydrogens is 360 g/mol. The summed E-state index contributed by atoms with van der Waals surface area (Å²) in [7, 11) is 4.02. The summed E-state index contributed by atoms with van der Waals surface area (Å²) in [6.07, 6.45) is 1.17. The lowest BCUT2D eigenvalue weighted by atomic mass is 10.0. The molecule has 7 nitrogen and oxygen atoms in total. The van der Waals surface area contributed by atoms with Crippen LogP contribution in [-0.4, -0.2) is 75.4 Å². The molecule has 1 saturated heterocycles. The quantitative estimate of drug-likeness (QED) is 0.492. The number of anilines is 1. The van der Waals surface area contributed by atoms with E-state index >= 15 is 0 Å². The molecule has 1 aliphatic heterocycles. The van der Waals surface area contributed by atoms with Crippen LogP contribution in [0.5, 0.6) is 0 Å². The Hall–Kier alpha value is -1.38. The number of nitrogens with zero attached hydrogens (tertiary/aromatic N) is 4. The molecule has 1 fully saturated rings. The standard InChI is InChI=1S/C19H36N6OS/c1-6-20-18(21-12-16-14-27-19(23-16)24(4)5)22-13-17(11-15(2)3)25-7-9-26-10-8-25/h14-15,17H,6-13H2,1-5H3,(H2,20,21,22). The molecule has 1 aliphatic rings. The average molecular weight is 397 g/mol. The molecule has 8 heteroatoms. The van der Waals surface area contributed by atoms with Crippen molar-refractivity contribution in [2.45, 2.75) is 39.8 Å². The van der Waals surface area contributed by atoms with E-state index in [-0.39, 0.29) is 0 Å². The average Bonchev–Trinajstić information content (AvgIpc) is 3.12. The Balaban J connectivity index is 1.94. The highest BCUT2D eigenvalue weighted by Crippen LogP contribution is 2.18. The lowest BCUT2D eigenvalue weighted by molar-refractivity contribution is 0.0132.